The summed E-state index contributed by atoms with van der Waals surface area (Å²) >= 11 is 5.97. The molecule has 0 aromatic rings. The predicted molar refractivity (Wildman–Crippen MR) is 68.9 cm³/mol. The normalized spacial score (nSPS) is 13.1. The van der Waals surface area contributed by atoms with Gasteiger partial charge in [-0.05, 0) is 26.7 Å². The van der Waals surface area contributed by atoms with Gasteiger partial charge in [-0.3, -0.25) is 4.57 Å². The molecular formula is C11H22ClO3P. The fourth-order valence-electron chi connectivity index (χ4n) is 1.23. The fourth-order valence-corrected chi connectivity index (χ4v) is 2.98. The van der Waals surface area contributed by atoms with Crippen LogP contribution in [0.1, 0.15) is 46.5 Å². The number of halogens is 1. The summed E-state index contributed by atoms with van der Waals surface area (Å²) in [4.78, 5) is 0. The minimum atomic E-state index is -3.23. The smallest absolute Gasteiger partial charge is 0.305 e. The number of hydrogen-bond acceptors (Lipinski definition) is 3. The third kappa shape index (κ3) is 6.05. The lowest BCUT2D eigenvalue weighted by Crippen LogP contribution is -1.95. The molecule has 3 nitrogen and oxygen atoms in total. The van der Waals surface area contributed by atoms with Crippen molar-refractivity contribution in [2.75, 3.05) is 13.2 Å². The van der Waals surface area contributed by atoms with Crippen LogP contribution in [0.2, 0.25) is 0 Å². The van der Waals surface area contributed by atoms with Gasteiger partial charge in [0.25, 0.3) is 0 Å². The van der Waals surface area contributed by atoms with Crippen LogP contribution < -0.4 is 0 Å². The third-order valence-electron chi connectivity index (χ3n) is 1.98. The molecule has 0 aromatic heterocycles. The zero-order chi connectivity index (χ0) is 12.4. The van der Waals surface area contributed by atoms with E-state index in [0.29, 0.717) is 13.2 Å². The van der Waals surface area contributed by atoms with Gasteiger partial charge < -0.3 is 9.05 Å². The van der Waals surface area contributed by atoms with Crippen LogP contribution in [0.15, 0.2) is 10.8 Å². The largest absolute Gasteiger partial charge is 0.372 e. The molecule has 0 bridgehead atoms. The molecular weight excluding hydrogens is 247 g/mol. The van der Waals surface area contributed by atoms with Gasteiger partial charge in [0.05, 0.1) is 13.2 Å². The van der Waals surface area contributed by atoms with E-state index in [9.17, 15) is 4.57 Å². The third-order valence-corrected chi connectivity index (χ3v) is 4.66. The lowest BCUT2D eigenvalue weighted by atomic mass is 10.2. The molecule has 0 N–H and O–H groups in total. The van der Waals surface area contributed by atoms with E-state index in [-0.39, 0.29) is 4.77 Å². The molecule has 0 heterocycles. The van der Waals surface area contributed by atoms with Crippen LogP contribution in [-0.4, -0.2) is 13.2 Å². The Morgan fingerprint density at radius 3 is 2.19 bits per heavy atom. The SMILES string of the molecule is CCCCC/C=C(/Cl)P(=O)(OCC)OCC. The summed E-state index contributed by atoms with van der Waals surface area (Å²) in [6, 6.07) is 0. The van der Waals surface area contributed by atoms with Crippen LogP contribution in [0.25, 0.3) is 0 Å². The topological polar surface area (TPSA) is 35.5 Å². The molecule has 0 aliphatic rings. The van der Waals surface area contributed by atoms with Gasteiger partial charge in [-0.15, -0.1) is 0 Å². The lowest BCUT2D eigenvalue weighted by Gasteiger charge is -2.15. The van der Waals surface area contributed by atoms with Crippen molar-refractivity contribution >= 4 is 19.2 Å². The Bertz CT molecular complexity index is 244. The molecule has 0 aromatic carbocycles. The molecule has 0 spiro atoms. The molecule has 0 aliphatic heterocycles. The number of allylic oxidation sites excluding steroid dienone is 1. The average molecular weight is 269 g/mol. The highest BCUT2D eigenvalue weighted by Crippen LogP contribution is 2.57. The standard InChI is InChI=1S/C11H22ClO3P/c1-4-7-8-9-10-11(12)16(13,14-5-2)15-6-3/h10H,4-9H2,1-3H3/b11-10-. The first-order valence-electron chi connectivity index (χ1n) is 5.86. The number of hydrogen-bond donors (Lipinski definition) is 0. The summed E-state index contributed by atoms with van der Waals surface area (Å²) in [5.41, 5.74) is 0. The second-order valence-corrected chi connectivity index (χ2v) is 6.02. The van der Waals surface area contributed by atoms with Gasteiger partial charge >= 0.3 is 7.60 Å². The van der Waals surface area contributed by atoms with Crippen LogP contribution in [0.5, 0.6) is 0 Å². The maximum absolute atomic E-state index is 12.1. The quantitative estimate of drug-likeness (QED) is 0.440. The van der Waals surface area contributed by atoms with E-state index < -0.39 is 7.60 Å². The first-order valence-corrected chi connectivity index (χ1v) is 7.78. The van der Waals surface area contributed by atoms with Crippen LogP contribution in [0.4, 0.5) is 0 Å². The molecule has 0 unspecified atom stereocenters. The van der Waals surface area contributed by atoms with Crippen molar-refractivity contribution in [3.8, 4) is 0 Å². The van der Waals surface area contributed by atoms with E-state index in [1.54, 1.807) is 19.9 Å². The van der Waals surface area contributed by atoms with Gasteiger partial charge in [-0.2, -0.15) is 0 Å². The Balaban J connectivity index is 4.36. The van der Waals surface area contributed by atoms with Crippen molar-refractivity contribution in [2.45, 2.75) is 46.5 Å². The fraction of sp³-hybridized carbons (Fsp3) is 0.818. The minimum absolute atomic E-state index is 0.215. The van der Waals surface area contributed by atoms with Crippen LogP contribution in [-0.2, 0) is 13.6 Å². The Morgan fingerprint density at radius 2 is 1.75 bits per heavy atom. The zero-order valence-corrected chi connectivity index (χ0v) is 12.0. The van der Waals surface area contributed by atoms with Crippen LogP contribution >= 0.6 is 19.2 Å². The molecule has 0 fully saturated rings. The molecule has 0 saturated carbocycles. The zero-order valence-electron chi connectivity index (χ0n) is 10.4. The first kappa shape index (κ1) is 16.2. The highest BCUT2D eigenvalue weighted by atomic mass is 35.5. The molecule has 0 rings (SSSR count). The van der Waals surface area contributed by atoms with E-state index in [0.717, 1.165) is 25.7 Å². The summed E-state index contributed by atoms with van der Waals surface area (Å²) in [5.74, 6) is 0. The first-order chi connectivity index (χ1) is 7.60. The minimum Gasteiger partial charge on any atom is -0.305 e. The monoisotopic (exact) mass is 268 g/mol. The van der Waals surface area contributed by atoms with E-state index in [1.165, 1.54) is 0 Å². The molecule has 96 valence electrons. The van der Waals surface area contributed by atoms with E-state index in [2.05, 4.69) is 6.92 Å². The van der Waals surface area contributed by atoms with Gasteiger partial charge in [-0.25, -0.2) is 0 Å². The second-order valence-electron chi connectivity index (χ2n) is 3.36. The van der Waals surface area contributed by atoms with E-state index >= 15 is 0 Å². The van der Waals surface area contributed by atoms with Gasteiger partial charge in [0, 0.05) is 0 Å². The van der Waals surface area contributed by atoms with Gasteiger partial charge in [-0.1, -0.05) is 37.4 Å². The van der Waals surface area contributed by atoms with Crippen LogP contribution in [0.3, 0.4) is 0 Å². The van der Waals surface area contributed by atoms with Crippen molar-refractivity contribution in [1.29, 1.82) is 0 Å². The highest BCUT2D eigenvalue weighted by molar-refractivity contribution is 7.61. The second kappa shape index (κ2) is 9.23. The summed E-state index contributed by atoms with van der Waals surface area (Å²) in [7, 11) is -3.23. The van der Waals surface area contributed by atoms with E-state index in [4.69, 9.17) is 20.6 Å². The molecule has 0 atom stereocenters. The van der Waals surface area contributed by atoms with Gasteiger partial charge in [0.15, 0.2) is 0 Å². The highest BCUT2D eigenvalue weighted by Gasteiger charge is 2.27. The maximum atomic E-state index is 12.1. The Morgan fingerprint density at radius 1 is 1.19 bits per heavy atom. The Labute approximate surface area is 104 Å². The summed E-state index contributed by atoms with van der Waals surface area (Å²) in [5, 5.41) is 0. The molecule has 0 aliphatic carbocycles. The maximum Gasteiger partial charge on any atom is 0.372 e. The average Bonchev–Trinajstić information content (AvgIpc) is 2.24. The Kier molecular flexibility index (Phi) is 9.34. The lowest BCUT2D eigenvalue weighted by molar-refractivity contribution is 0.228. The van der Waals surface area contributed by atoms with Gasteiger partial charge in [0.2, 0.25) is 0 Å². The summed E-state index contributed by atoms with van der Waals surface area (Å²) in [6.45, 7) is 6.34. The number of rotatable bonds is 9. The molecule has 16 heavy (non-hydrogen) atoms. The Hall–Kier alpha value is 0.180. The molecule has 0 amide bonds. The molecule has 5 heteroatoms. The molecule has 0 radical (unpaired) electrons. The number of unbranched alkanes of at least 4 members (excludes halogenated alkanes) is 3. The van der Waals surface area contributed by atoms with E-state index in [1.807, 2.05) is 0 Å². The summed E-state index contributed by atoms with van der Waals surface area (Å²) < 4.78 is 22.6. The van der Waals surface area contributed by atoms with Crippen molar-refractivity contribution in [3.63, 3.8) is 0 Å². The van der Waals surface area contributed by atoms with Crippen molar-refractivity contribution < 1.29 is 13.6 Å². The van der Waals surface area contributed by atoms with Crippen molar-refractivity contribution in [2.24, 2.45) is 0 Å². The predicted octanol–water partition coefficient (Wildman–Crippen LogP) is 4.91. The van der Waals surface area contributed by atoms with Crippen LogP contribution in [0, 0.1) is 0 Å². The molecule has 0 saturated heterocycles. The summed E-state index contributed by atoms with van der Waals surface area (Å²) in [6.07, 6.45) is 5.92. The van der Waals surface area contributed by atoms with Gasteiger partial charge in [0.1, 0.15) is 4.77 Å². The van der Waals surface area contributed by atoms with Crippen molar-refractivity contribution in [3.05, 3.63) is 10.8 Å². The van der Waals surface area contributed by atoms with Crippen molar-refractivity contribution in [1.82, 2.24) is 0 Å².